The summed E-state index contributed by atoms with van der Waals surface area (Å²) < 4.78 is 54.7. The topological polar surface area (TPSA) is 147 Å². The van der Waals surface area contributed by atoms with Gasteiger partial charge in [0, 0.05) is 13.1 Å². The summed E-state index contributed by atoms with van der Waals surface area (Å²) in [7, 11) is -7.03. The van der Waals surface area contributed by atoms with Gasteiger partial charge in [0.2, 0.25) is 10.0 Å². The third-order valence-corrected chi connectivity index (χ3v) is 8.45. The Morgan fingerprint density at radius 3 is 2.03 bits per heavy atom. The normalized spacial score (nSPS) is 17.8. The van der Waals surface area contributed by atoms with Gasteiger partial charge in [-0.2, -0.15) is 0 Å². The van der Waals surface area contributed by atoms with Gasteiger partial charge in [-0.3, -0.25) is 0 Å². The zero-order valence-electron chi connectivity index (χ0n) is 17.2. The molecule has 0 radical (unpaired) electrons. The van der Waals surface area contributed by atoms with Crippen LogP contribution in [-0.4, -0.2) is 80.8 Å². The number of carbonyl (C=O) groups is 2. The van der Waals surface area contributed by atoms with Gasteiger partial charge in [-0.05, 0) is 25.7 Å². The molecule has 1 aliphatic rings. The van der Waals surface area contributed by atoms with E-state index in [0.29, 0.717) is 25.7 Å². The Balaban J connectivity index is 2.67. The summed E-state index contributed by atoms with van der Waals surface area (Å²) in [5.74, 6) is -2.15. The average molecular weight is 457 g/mol. The van der Waals surface area contributed by atoms with Gasteiger partial charge in [0.1, 0.15) is 12.1 Å². The quantitative estimate of drug-likeness (QED) is 0.467. The van der Waals surface area contributed by atoms with Gasteiger partial charge in [0.15, 0.2) is 9.84 Å². The van der Waals surface area contributed by atoms with Gasteiger partial charge in [0.25, 0.3) is 0 Å². The number of carbonyl (C=O) groups excluding carboxylic acids is 1. The number of nitrogens with zero attached hydrogens (tertiary/aromatic N) is 1. The van der Waals surface area contributed by atoms with Crippen molar-refractivity contribution >= 4 is 31.9 Å². The van der Waals surface area contributed by atoms with Crippen LogP contribution in [0.1, 0.15) is 52.4 Å². The third-order valence-electron chi connectivity index (χ3n) is 4.86. The van der Waals surface area contributed by atoms with Crippen molar-refractivity contribution in [2.75, 3.05) is 25.1 Å². The molecule has 1 amide bonds. The molecule has 1 heterocycles. The lowest BCUT2D eigenvalue weighted by atomic mass is 10.1. The first kappa shape index (κ1) is 25.6. The number of alkyl carbamates (subject to hydrolysis) is 1. The number of amides is 1. The van der Waals surface area contributed by atoms with Gasteiger partial charge in [-0.1, -0.05) is 26.7 Å². The van der Waals surface area contributed by atoms with Crippen molar-refractivity contribution in [1.82, 2.24) is 9.62 Å². The van der Waals surface area contributed by atoms with Crippen LogP contribution < -0.4 is 5.32 Å². The highest BCUT2D eigenvalue weighted by Crippen LogP contribution is 2.18. The fourth-order valence-corrected chi connectivity index (χ4v) is 6.33. The minimum Gasteiger partial charge on any atom is -0.480 e. The first-order valence-corrected chi connectivity index (χ1v) is 13.3. The monoisotopic (exact) mass is 456 g/mol. The molecule has 0 bridgehead atoms. The van der Waals surface area contributed by atoms with Crippen LogP contribution in [0.25, 0.3) is 0 Å². The lowest BCUT2D eigenvalue weighted by Crippen LogP contribution is -2.48. The zero-order valence-corrected chi connectivity index (χ0v) is 18.8. The highest BCUT2D eigenvalue weighted by Gasteiger charge is 2.33. The average Bonchev–Trinajstić information content (AvgIpc) is 2.60. The van der Waals surface area contributed by atoms with Crippen LogP contribution in [0.15, 0.2) is 0 Å². The van der Waals surface area contributed by atoms with Gasteiger partial charge in [-0.15, -0.1) is 0 Å². The molecule has 0 spiro atoms. The fraction of sp³-hybridized carbons (Fsp3) is 0.882. The maximum Gasteiger partial charge on any atom is 0.408 e. The number of hydrogen-bond acceptors (Lipinski definition) is 7. The Morgan fingerprint density at radius 1 is 1.10 bits per heavy atom. The number of aliphatic carboxylic acids is 1. The van der Waals surface area contributed by atoms with Crippen molar-refractivity contribution in [3.8, 4) is 0 Å². The SMILES string of the molecule is CCCC(CCC)S(=O)(=O)C[C@H](NC(=O)OC1CCN(S(C)(=O)=O)CC1)C(=O)O. The molecule has 0 aliphatic carbocycles. The van der Waals surface area contributed by atoms with Crippen LogP contribution in [0.2, 0.25) is 0 Å². The van der Waals surface area contributed by atoms with Crippen molar-refractivity contribution in [3.63, 3.8) is 0 Å². The minimum absolute atomic E-state index is 0.198. The van der Waals surface area contributed by atoms with Gasteiger partial charge < -0.3 is 15.2 Å². The Morgan fingerprint density at radius 2 is 1.62 bits per heavy atom. The Labute approximate surface area is 172 Å². The first-order chi connectivity index (χ1) is 13.4. The fourth-order valence-electron chi connectivity index (χ4n) is 3.30. The van der Waals surface area contributed by atoms with Crippen LogP contribution in [0, 0.1) is 0 Å². The summed E-state index contributed by atoms with van der Waals surface area (Å²) in [4.78, 5) is 23.6. The largest absolute Gasteiger partial charge is 0.480 e. The summed E-state index contributed by atoms with van der Waals surface area (Å²) >= 11 is 0. The van der Waals surface area contributed by atoms with Crippen LogP contribution in [0.3, 0.4) is 0 Å². The number of carboxylic acid groups (broad SMARTS) is 1. The minimum atomic E-state index is -3.72. The van der Waals surface area contributed by atoms with E-state index in [-0.39, 0.29) is 25.9 Å². The molecule has 0 aromatic rings. The van der Waals surface area contributed by atoms with Crippen molar-refractivity contribution < 1.29 is 36.3 Å². The number of ether oxygens (including phenoxy) is 1. The third kappa shape index (κ3) is 8.47. The molecule has 1 atom stereocenters. The van der Waals surface area contributed by atoms with E-state index in [1.54, 1.807) is 0 Å². The zero-order chi connectivity index (χ0) is 22.2. The van der Waals surface area contributed by atoms with Crippen LogP contribution in [0.5, 0.6) is 0 Å². The second-order valence-electron chi connectivity index (χ2n) is 7.33. The lowest BCUT2D eigenvalue weighted by Gasteiger charge is -2.30. The number of piperidine rings is 1. The maximum absolute atomic E-state index is 12.6. The summed E-state index contributed by atoms with van der Waals surface area (Å²) in [5.41, 5.74) is 0. The number of carboxylic acids is 1. The van der Waals surface area contributed by atoms with E-state index < -0.39 is 55.1 Å². The molecular weight excluding hydrogens is 424 g/mol. The second-order valence-corrected chi connectivity index (χ2v) is 11.6. The molecule has 29 heavy (non-hydrogen) atoms. The van der Waals surface area contributed by atoms with E-state index >= 15 is 0 Å². The predicted molar refractivity (Wildman–Crippen MR) is 108 cm³/mol. The summed E-state index contributed by atoms with van der Waals surface area (Å²) in [6.07, 6.45) is 2.27. The number of hydrogen-bond donors (Lipinski definition) is 2. The summed E-state index contributed by atoms with van der Waals surface area (Å²) in [5, 5.41) is 10.8. The van der Waals surface area contributed by atoms with E-state index in [0.717, 1.165) is 6.26 Å². The molecule has 1 aliphatic heterocycles. The molecule has 170 valence electrons. The van der Waals surface area contributed by atoms with Gasteiger partial charge >= 0.3 is 12.1 Å². The maximum atomic E-state index is 12.6. The van der Waals surface area contributed by atoms with E-state index in [1.807, 2.05) is 13.8 Å². The standard InChI is InChI=1S/C17H32N2O8S2/c1-4-6-14(7-5-2)29(25,26)12-15(16(20)21)18-17(22)27-13-8-10-19(11-9-13)28(3,23)24/h13-15H,4-12H2,1-3H3,(H,18,22)(H,20,21)/t15-/m0/s1. The Kier molecular flexibility index (Phi) is 9.83. The molecule has 0 saturated carbocycles. The van der Waals surface area contributed by atoms with Crippen LogP contribution in [-0.2, 0) is 29.4 Å². The molecule has 1 rings (SSSR count). The Bertz CT molecular complexity index is 752. The van der Waals surface area contributed by atoms with Crippen molar-refractivity contribution in [2.24, 2.45) is 0 Å². The van der Waals surface area contributed by atoms with Crippen LogP contribution in [0.4, 0.5) is 4.79 Å². The smallest absolute Gasteiger partial charge is 0.408 e. The molecule has 1 fully saturated rings. The highest BCUT2D eigenvalue weighted by molar-refractivity contribution is 7.92. The number of nitrogens with one attached hydrogen (secondary N) is 1. The van der Waals surface area contributed by atoms with E-state index in [1.165, 1.54) is 4.31 Å². The number of sulfone groups is 1. The predicted octanol–water partition coefficient (Wildman–Crippen LogP) is 0.973. The highest BCUT2D eigenvalue weighted by atomic mass is 32.2. The second kappa shape index (κ2) is 11.1. The van der Waals surface area contributed by atoms with E-state index in [9.17, 15) is 31.5 Å². The molecular formula is C17H32N2O8S2. The number of rotatable bonds is 11. The number of sulfonamides is 1. The lowest BCUT2D eigenvalue weighted by molar-refractivity contribution is -0.138. The van der Waals surface area contributed by atoms with Gasteiger partial charge in [-0.25, -0.2) is 30.7 Å². The van der Waals surface area contributed by atoms with Crippen molar-refractivity contribution in [1.29, 1.82) is 0 Å². The molecule has 10 nitrogen and oxygen atoms in total. The molecule has 12 heteroatoms. The summed E-state index contributed by atoms with van der Waals surface area (Å²) in [6, 6.07) is -1.61. The molecule has 0 unspecified atom stereocenters. The molecule has 0 aromatic carbocycles. The molecule has 0 aromatic heterocycles. The van der Waals surface area contributed by atoms with Gasteiger partial charge in [0.05, 0.1) is 17.3 Å². The first-order valence-electron chi connectivity index (χ1n) is 9.77. The Hall–Kier alpha value is -1.40. The van der Waals surface area contributed by atoms with Crippen molar-refractivity contribution in [3.05, 3.63) is 0 Å². The summed E-state index contributed by atoms with van der Waals surface area (Å²) in [6.45, 7) is 4.11. The van der Waals surface area contributed by atoms with E-state index in [2.05, 4.69) is 5.32 Å². The molecule has 2 N–H and O–H groups in total. The molecule has 1 saturated heterocycles. The van der Waals surface area contributed by atoms with Crippen molar-refractivity contribution in [2.45, 2.75) is 69.8 Å². The van der Waals surface area contributed by atoms with Crippen LogP contribution >= 0.6 is 0 Å². The van der Waals surface area contributed by atoms with E-state index in [4.69, 9.17) is 4.74 Å².